The van der Waals surface area contributed by atoms with Crippen molar-refractivity contribution in [3.05, 3.63) is 75.8 Å². The predicted octanol–water partition coefficient (Wildman–Crippen LogP) is 4.10. The quantitative estimate of drug-likeness (QED) is 0.478. The predicted molar refractivity (Wildman–Crippen MR) is 84.0 cm³/mol. The van der Waals surface area contributed by atoms with E-state index in [0.29, 0.717) is 0 Å². The molecule has 0 saturated heterocycles. The van der Waals surface area contributed by atoms with E-state index in [-0.39, 0.29) is 12.2 Å². The number of nitriles is 1. The summed E-state index contributed by atoms with van der Waals surface area (Å²) in [7, 11) is 0. The first kappa shape index (κ1) is 15.0. The van der Waals surface area contributed by atoms with Crippen LogP contribution >= 0.6 is 15.9 Å². The average Bonchev–Trinajstić information content (AvgIpc) is 2.51. The van der Waals surface area contributed by atoms with Crippen LogP contribution in [-0.2, 0) is 16.1 Å². The smallest absolute Gasteiger partial charge is 0.349 e. The molecule has 0 amide bonds. The Morgan fingerprint density at radius 2 is 1.95 bits per heavy atom. The van der Waals surface area contributed by atoms with Gasteiger partial charge < -0.3 is 4.74 Å². The molecule has 21 heavy (non-hydrogen) atoms. The molecule has 104 valence electrons. The molecule has 0 aromatic heterocycles. The Morgan fingerprint density at radius 1 is 1.19 bits per heavy atom. The summed E-state index contributed by atoms with van der Waals surface area (Å²) in [6, 6.07) is 18.5. The van der Waals surface area contributed by atoms with Crippen LogP contribution in [0.5, 0.6) is 0 Å². The lowest BCUT2D eigenvalue weighted by Crippen LogP contribution is -2.06. The van der Waals surface area contributed by atoms with Gasteiger partial charge in [-0.25, -0.2) is 4.79 Å². The first-order valence-corrected chi connectivity index (χ1v) is 7.07. The molecule has 0 fully saturated rings. The molecule has 4 heteroatoms. The summed E-state index contributed by atoms with van der Waals surface area (Å²) >= 11 is 3.35. The van der Waals surface area contributed by atoms with E-state index in [2.05, 4.69) is 15.9 Å². The number of benzene rings is 2. The zero-order chi connectivity index (χ0) is 15.1. The first-order valence-electron chi connectivity index (χ1n) is 6.27. The Bertz CT molecular complexity index is 702. The van der Waals surface area contributed by atoms with Crippen LogP contribution in [0.1, 0.15) is 11.1 Å². The summed E-state index contributed by atoms with van der Waals surface area (Å²) in [6.45, 7) is 0.131. The summed E-state index contributed by atoms with van der Waals surface area (Å²) in [4.78, 5) is 11.9. The molecule has 0 aliphatic heterocycles. The summed E-state index contributed by atoms with van der Waals surface area (Å²) in [5.74, 6) is -0.624. The van der Waals surface area contributed by atoms with Crippen molar-refractivity contribution in [2.45, 2.75) is 6.61 Å². The van der Waals surface area contributed by atoms with Gasteiger partial charge in [-0.05, 0) is 29.3 Å². The minimum atomic E-state index is -0.624. The SMILES string of the molecule is N#C/C(=C/c1ccccc1)C(=O)OCc1cccc(Br)c1. The summed E-state index contributed by atoms with van der Waals surface area (Å²) in [5.41, 5.74) is 1.62. The standard InChI is InChI=1S/C17H12BrNO2/c18-16-8-4-7-14(10-16)12-21-17(20)15(11-19)9-13-5-2-1-3-6-13/h1-10H,12H2/b15-9-. The van der Waals surface area contributed by atoms with Crippen LogP contribution in [0.3, 0.4) is 0 Å². The van der Waals surface area contributed by atoms with Gasteiger partial charge in [-0.3, -0.25) is 0 Å². The number of esters is 1. The molecule has 0 unspecified atom stereocenters. The Morgan fingerprint density at radius 3 is 2.62 bits per heavy atom. The van der Waals surface area contributed by atoms with E-state index in [1.807, 2.05) is 60.7 Å². The van der Waals surface area contributed by atoms with Crippen LogP contribution in [0.2, 0.25) is 0 Å². The van der Waals surface area contributed by atoms with Gasteiger partial charge in [-0.2, -0.15) is 5.26 Å². The molecular weight excluding hydrogens is 330 g/mol. The molecule has 2 aromatic rings. The first-order chi connectivity index (χ1) is 10.2. The van der Waals surface area contributed by atoms with Crippen LogP contribution in [-0.4, -0.2) is 5.97 Å². The Labute approximate surface area is 131 Å². The number of carbonyl (C=O) groups excluding carboxylic acids is 1. The van der Waals surface area contributed by atoms with E-state index in [9.17, 15) is 4.79 Å². The van der Waals surface area contributed by atoms with Crippen LogP contribution in [0.4, 0.5) is 0 Å². The Balaban J connectivity index is 2.05. The minimum Gasteiger partial charge on any atom is -0.457 e. The van der Waals surface area contributed by atoms with E-state index in [0.717, 1.165) is 15.6 Å². The third kappa shape index (κ3) is 4.59. The minimum absolute atomic E-state index is 0.0174. The van der Waals surface area contributed by atoms with Crippen LogP contribution in [0.15, 0.2) is 64.6 Å². The third-order valence-corrected chi connectivity index (χ3v) is 3.20. The van der Waals surface area contributed by atoms with Crippen molar-refractivity contribution in [1.29, 1.82) is 5.26 Å². The fourth-order valence-corrected chi connectivity index (χ4v) is 2.15. The van der Waals surface area contributed by atoms with Crippen molar-refractivity contribution < 1.29 is 9.53 Å². The number of hydrogen-bond donors (Lipinski definition) is 0. The van der Waals surface area contributed by atoms with Gasteiger partial charge in [-0.1, -0.05) is 58.4 Å². The Hall–Kier alpha value is -2.38. The summed E-state index contributed by atoms with van der Waals surface area (Å²) in [5, 5.41) is 9.07. The van der Waals surface area contributed by atoms with E-state index in [4.69, 9.17) is 10.00 Å². The molecule has 0 spiro atoms. The van der Waals surface area contributed by atoms with E-state index < -0.39 is 5.97 Å². The molecule has 0 N–H and O–H groups in total. The molecule has 0 heterocycles. The number of hydrogen-bond acceptors (Lipinski definition) is 3. The molecule has 0 aliphatic rings. The highest BCUT2D eigenvalue weighted by Gasteiger charge is 2.10. The fourth-order valence-electron chi connectivity index (χ4n) is 1.71. The zero-order valence-electron chi connectivity index (χ0n) is 11.1. The second-order valence-electron chi connectivity index (χ2n) is 4.29. The highest BCUT2D eigenvalue weighted by molar-refractivity contribution is 9.10. The van der Waals surface area contributed by atoms with E-state index >= 15 is 0 Å². The van der Waals surface area contributed by atoms with Gasteiger partial charge >= 0.3 is 5.97 Å². The van der Waals surface area contributed by atoms with Crippen molar-refractivity contribution in [2.24, 2.45) is 0 Å². The molecule has 0 saturated carbocycles. The lowest BCUT2D eigenvalue weighted by atomic mass is 10.1. The topological polar surface area (TPSA) is 50.1 Å². The van der Waals surface area contributed by atoms with Gasteiger partial charge in [0.25, 0.3) is 0 Å². The number of carbonyl (C=O) groups is 1. The maximum absolute atomic E-state index is 11.9. The van der Waals surface area contributed by atoms with Crippen LogP contribution in [0, 0.1) is 11.3 Å². The van der Waals surface area contributed by atoms with Crippen LogP contribution in [0.25, 0.3) is 6.08 Å². The average molecular weight is 342 g/mol. The third-order valence-electron chi connectivity index (χ3n) is 2.71. The molecule has 0 aliphatic carbocycles. The second-order valence-corrected chi connectivity index (χ2v) is 5.20. The number of halogens is 1. The maximum Gasteiger partial charge on any atom is 0.349 e. The normalized spacial score (nSPS) is 10.8. The maximum atomic E-state index is 11.9. The lowest BCUT2D eigenvalue weighted by molar-refractivity contribution is -0.139. The summed E-state index contributed by atoms with van der Waals surface area (Å²) in [6.07, 6.45) is 1.52. The highest BCUT2D eigenvalue weighted by Crippen LogP contribution is 2.13. The van der Waals surface area contributed by atoms with Crippen molar-refractivity contribution in [2.75, 3.05) is 0 Å². The van der Waals surface area contributed by atoms with Crippen molar-refractivity contribution in [1.82, 2.24) is 0 Å². The molecule has 0 radical (unpaired) electrons. The second kappa shape index (κ2) is 7.41. The number of nitrogens with zero attached hydrogens (tertiary/aromatic N) is 1. The molecule has 3 nitrogen and oxygen atoms in total. The Kier molecular flexibility index (Phi) is 5.30. The summed E-state index contributed by atoms with van der Waals surface area (Å²) < 4.78 is 6.07. The lowest BCUT2D eigenvalue weighted by Gasteiger charge is -2.04. The van der Waals surface area contributed by atoms with Crippen molar-refractivity contribution in [3.8, 4) is 6.07 Å². The largest absolute Gasteiger partial charge is 0.457 e. The van der Waals surface area contributed by atoms with Gasteiger partial charge in [0.15, 0.2) is 0 Å². The molecule has 2 aromatic carbocycles. The number of rotatable bonds is 4. The van der Waals surface area contributed by atoms with E-state index in [1.54, 1.807) is 0 Å². The van der Waals surface area contributed by atoms with Gasteiger partial charge in [0.05, 0.1) is 0 Å². The zero-order valence-corrected chi connectivity index (χ0v) is 12.7. The van der Waals surface area contributed by atoms with Crippen molar-refractivity contribution >= 4 is 28.0 Å². The van der Waals surface area contributed by atoms with Crippen molar-refractivity contribution in [3.63, 3.8) is 0 Å². The molecule has 2 rings (SSSR count). The number of ether oxygens (including phenoxy) is 1. The molecular formula is C17H12BrNO2. The van der Waals surface area contributed by atoms with Gasteiger partial charge in [-0.15, -0.1) is 0 Å². The molecule has 0 atom stereocenters. The monoisotopic (exact) mass is 341 g/mol. The van der Waals surface area contributed by atoms with E-state index in [1.165, 1.54) is 6.08 Å². The highest BCUT2D eigenvalue weighted by atomic mass is 79.9. The van der Waals surface area contributed by atoms with Gasteiger partial charge in [0.1, 0.15) is 18.2 Å². The van der Waals surface area contributed by atoms with Gasteiger partial charge in [0, 0.05) is 4.47 Å². The van der Waals surface area contributed by atoms with Crippen LogP contribution < -0.4 is 0 Å². The fraction of sp³-hybridized carbons (Fsp3) is 0.0588. The molecule has 0 bridgehead atoms. The van der Waals surface area contributed by atoms with Gasteiger partial charge in [0.2, 0.25) is 0 Å².